The van der Waals surface area contributed by atoms with Gasteiger partial charge in [0, 0.05) is 41.8 Å². The minimum atomic E-state index is -0.562. The van der Waals surface area contributed by atoms with Crippen LogP contribution in [-0.4, -0.2) is 41.3 Å². The molecular formula is C18H18N6O. The highest BCUT2D eigenvalue weighted by atomic mass is 16.3. The van der Waals surface area contributed by atoms with Gasteiger partial charge in [-0.15, -0.1) is 0 Å². The minimum absolute atomic E-state index is 0.228. The molecule has 126 valence electrons. The van der Waals surface area contributed by atoms with Gasteiger partial charge in [-0.2, -0.15) is 10.1 Å². The molecule has 4 heterocycles. The Balaban J connectivity index is 1.46. The quantitative estimate of drug-likeness (QED) is 0.536. The van der Waals surface area contributed by atoms with Gasteiger partial charge in [-0.3, -0.25) is 0 Å². The molecule has 7 heteroatoms. The maximum atomic E-state index is 9.83. The first-order valence-electron chi connectivity index (χ1n) is 8.34. The molecule has 25 heavy (non-hydrogen) atoms. The Labute approximate surface area is 143 Å². The molecule has 0 saturated heterocycles. The van der Waals surface area contributed by atoms with Crippen LogP contribution in [-0.2, 0) is 0 Å². The van der Waals surface area contributed by atoms with E-state index in [4.69, 9.17) is 0 Å². The van der Waals surface area contributed by atoms with Gasteiger partial charge in [0.1, 0.15) is 5.65 Å². The van der Waals surface area contributed by atoms with Crippen LogP contribution in [0.1, 0.15) is 19.8 Å². The highest BCUT2D eigenvalue weighted by Crippen LogP contribution is 2.34. The van der Waals surface area contributed by atoms with Gasteiger partial charge >= 0.3 is 0 Å². The van der Waals surface area contributed by atoms with Crippen LogP contribution >= 0.6 is 0 Å². The molecule has 1 saturated carbocycles. The van der Waals surface area contributed by atoms with Gasteiger partial charge in [0.25, 0.3) is 0 Å². The molecule has 0 aromatic carbocycles. The Kier molecular flexibility index (Phi) is 2.90. The number of H-pyrrole nitrogens is 1. The summed E-state index contributed by atoms with van der Waals surface area (Å²) in [4.78, 5) is 12.2. The Morgan fingerprint density at radius 1 is 1.36 bits per heavy atom. The lowest BCUT2D eigenvalue weighted by molar-refractivity contribution is -0.0235. The van der Waals surface area contributed by atoms with E-state index in [0.29, 0.717) is 5.95 Å². The Hall–Kier alpha value is -2.93. The molecule has 7 nitrogen and oxygen atoms in total. The Morgan fingerprint density at radius 2 is 2.24 bits per heavy atom. The third-order valence-corrected chi connectivity index (χ3v) is 4.85. The lowest BCUT2D eigenvalue weighted by Crippen LogP contribution is -2.48. The zero-order chi connectivity index (χ0) is 17.0. The van der Waals surface area contributed by atoms with Crippen LogP contribution < -0.4 is 5.32 Å². The summed E-state index contributed by atoms with van der Waals surface area (Å²) in [6.07, 6.45) is 8.97. The highest BCUT2D eigenvalue weighted by molar-refractivity contribution is 5.94. The molecule has 3 N–H and O–H groups in total. The normalized spacial score (nSPS) is 23.0. The standard InChI is InChI=1S/C18H18N6O/c1-18(25)7-12(8-18)22-17-20-10-15-14(9-19-16(15)23-17)11-3-5-24-13(6-11)2-4-21-24/h2-6,9-10,12,25H,7-8H2,1H3,(H2,19,20,22,23)/t12-,18-. The third-order valence-electron chi connectivity index (χ3n) is 4.85. The maximum Gasteiger partial charge on any atom is 0.224 e. The molecular weight excluding hydrogens is 316 g/mol. The molecule has 5 rings (SSSR count). The third kappa shape index (κ3) is 2.44. The van der Waals surface area contributed by atoms with Gasteiger partial charge in [-0.05, 0) is 43.5 Å². The van der Waals surface area contributed by atoms with Crippen LogP contribution in [0.3, 0.4) is 0 Å². The van der Waals surface area contributed by atoms with Crippen LogP contribution in [0, 0.1) is 0 Å². The molecule has 4 aromatic rings. The van der Waals surface area contributed by atoms with E-state index in [1.807, 2.05) is 42.2 Å². The summed E-state index contributed by atoms with van der Waals surface area (Å²) in [5.41, 5.74) is 3.44. The van der Waals surface area contributed by atoms with Crippen LogP contribution in [0.15, 0.2) is 43.0 Å². The number of nitrogens with zero attached hydrogens (tertiary/aromatic N) is 4. The smallest absolute Gasteiger partial charge is 0.224 e. The number of rotatable bonds is 3. The van der Waals surface area contributed by atoms with Crippen molar-refractivity contribution in [1.82, 2.24) is 24.6 Å². The zero-order valence-electron chi connectivity index (χ0n) is 13.8. The first-order valence-corrected chi connectivity index (χ1v) is 8.34. The largest absolute Gasteiger partial charge is 0.390 e. The summed E-state index contributed by atoms with van der Waals surface area (Å²) in [5.74, 6) is 0.590. The molecule has 1 fully saturated rings. The number of aromatic nitrogens is 5. The average Bonchev–Trinajstić information content (AvgIpc) is 3.18. The van der Waals surface area contributed by atoms with Crippen LogP contribution in [0.2, 0.25) is 0 Å². The van der Waals surface area contributed by atoms with E-state index in [0.717, 1.165) is 40.5 Å². The predicted octanol–water partition coefficient (Wildman–Crippen LogP) is 2.60. The van der Waals surface area contributed by atoms with Crippen molar-refractivity contribution in [3.63, 3.8) is 0 Å². The van der Waals surface area contributed by atoms with Gasteiger partial charge in [0.15, 0.2) is 0 Å². The lowest BCUT2D eigenvalue weighted by Gasteiger charge is -2.41. The fourth-order valence-electron chi connectivity index (χ4n) is 3.59. The number of aliphatic hydroxyl groups is 1. The van der Waals surface area contributed by atoms with Crippen molar-refractivity contribution in [1.29, 1.82) is 0 Å². The van der Waals surface area contributed by atoms with Crippen LogP contribution in [0.4, 0.5) is 5.95 Å². The number of aromatic amines is 1. The Morgan fingerprint density at radius 3 is 3.08 bits per heavy atom. The van der Waals surface area contributed by atoms with Crippen molar-refractivity contribution in [3.8, 4) is 11.1 Å². The first-order chi connectivity index (χ1) is 12.1. The molecule has 0 atom stereocenters. The SMILES string of the molecule is C[C@]1(O)C[C@H](Nc2ncc3c(-c4ccn5nccc5c4)c[nH]c3n2)C1. The summed E-state index contributed by atoms with van der Waals surface area (Å²) in [6.45, 7) is 1.85. The van der Waals surface area contributed by atoms with E-state index in [1.54, 1.807) is 6.20 Å². The summed E-state index contributed by atoms with van der Waals surface area (Å²) < 4.78 is 1.84. The molecule has 0 bridgehead atoms. The molecule has 0 radical (unpaired) electrons. The van der Waals surface area contributed by atoms with Crippen molar-refractivity contribution >= 4 is 22.5 Å². The molecule has 0 spiro atoms. The number of nitrogens with one attached hydrogen (secondary N) is 2. The number of fused-ring (bicyclic) bond motifs is 2. The average molecular weight is 334 g/mol. The number of anilines is 1. The predicted molar refractivity (Wildman–Crippen MR) is 95.3 cm³/mol. The monoisotopic (exact) mass is 334 g/mol. The maximum absolute atomic E-state index is 9.83. The van der Waals surface area contributed by atoms with Gasteiger partial charge < -0.3 is 15.4 Å². The molecule has 1 aliphatic rings. The zero-order valence-corrected chi connectivity index (χ0v) is 13.8. The van der Waals surface area contributed by atoms with Crippen molar-refractivity contribution in [2.45, 2.75) is 31.4 Å². The van der Waals surface area contributed by atoms with E-state index in [-0.39, 0.29) is 6.04 Å². The molecule has 0 aliphatic heterocycles. The lowest BCUT2D eigenvalue weighted by atomic mass is 9.77. The molecule has 0 unspecified atom stereocenters. The van der Waals surface area contributed by atoms with E-state index in [9.17, 15) is 5.11 Å². The van der Waals surface area contributed by atoms with Crippen molar-refractivity contribution < 1.29 is 5.11 Å². The summed E-state index contributed by atoms with van der Waals surface area (Å²) in [7, 11) is 0. The molecule has 0 amide bonds. The fraction of sp³-hybridized carbons (Fsp3) is 0.278. The van der Waals surface area contributed by atoms with Crippen LogP contribution in [0.5, 0.6) is 0 Å². The van der Waals surface area contributed by atoms with Crippen molar-refractivity contribution in [3.05, 3.63) is 43.0 Å². The van der Waals surface area contributed by atoms with Crippen molar-refractivity contribution in [2.24, 2.45) is 0 Å². The number of hydrogen-bond donors (Lipinski definition) is 3. The van der Waals surface area contributed by atoms with E-state index in [2.05, 4.69) is 31.4 Å². The van der Waals surface area contributed by atoms with E-state index < -0.39 is 5.60 Å². The van der Waals surface area contributed by atoms with Gasteiger partial charge in [0.05, 0.1) is 11.1 Å². The summed E-state index contributed by atoms with van der Waals surface area (Å²) >= 11 is 0. The Bertz CT molecular complexity index is 1070. The second-order valence-corrected chi connectivity index (χ2v) is 7.02. The minimum Gasteiger partial charge on any atom is -0.390 e. The fourth-order valence-corrected chi connectivity index (χ4v) is 3.59. The van der Waals surface area contributed by atoms with E-state index in [1.165, 1.54) is 0 Å². The van der Waals surface area contributed by atoms with Gasteiger partial charge in [0.2, 0.25) is 5.95 Å². The highest BCUT2D eigenvalue weighted by Gasteiger charge is 2.38. The van der Waals surface area contributed by atoms with Gasteiger partial charge in [-0.1, -0.05) is 0 Å². The van der Waals surface area contributed by atoms with E-state index >= 15 is 0 Å². The second kappa shape index (κ2) is 5.03. The topological polar surface area (TPSA) is 91.1 Å². The van der Waals surface area contributed by atoms with Crippen LogP contribution in [0.25, 0.3) is 27.7 Å². The second-order valence-electron chi connectivity index (χ2n) is 7.02. The number of hydrogen-bond acceptors (Lipinski definition) is 5. The van der Waals surface area contributed by atoms with Gasteiger partial charge in [-0.25, -0.2) is 9.50 Å². The summed E-state index contributed by atoms with van der Waals surface area (Å²) in [5, 5.41) is 18.3. The van der Waals surface area contributed by atoms with Crippen molar-refractivity contribution in [2.75, 3.05) is 5.32 Å². The molecule has 1 aliphatic carbocycles. The summed E-state index contributed by atoms with van der Waals surface area (Å²) in [6, 6.07) is 6.33. The first kappa shape index (κ1) is 14.4. The molecule has 4 aromatic heterocycles. The number of pyridine rings is 1.